The Bertz CT molecular complexity index is 898. The molecule has 0 spiro atoms. The van der Waals surface area contributed by atoms with Crippen LogP contribution in [0.3, 0.4) is 0 Å². The lowest BCUT2D eigenvalue weighted by Crippen LogP contribution is -2.11. The number of methoxy groups -OCH3 is 2. The highest BCUT2D eigenvalue weighted by molar-refractivity contribution is 6.02. The number of carbonyl (C=O) groups excluding carboxylic acids is 1. The van der Waals surface area contributed by atoms with Gasteiger partial charge in [0.05, 0.1) is 19.9 Å². The van der Waals surface area contributed by atoms with Gasteiger partial charge in [-0.05, 0) is 42.0 Å². The van der Waals surface area contributed by atoms with Crippen LogP contribution in [0.5, 0.6) is 11.5 Å². The fourth-order valence-electron chi connectivity index (χ4n) is 2.34. The van der Waals surface area contributed by atoms with Gasteiger partial charge in [-0.15, -0.1) is 0 Å². The van der Waals surface area contributed by atoms with E-state index in [1.54, 1.807) is 67.8 Å². The van der Waals surface area contributed by atoms with Gasteiger partial charge in [-0.3, -0.25) is 4.79 Å². The summed E-state index contributed by atoms with van der Waals surface area (Å²) < 4.78 is 12.0. The molecule has 0 saturated carbocycles. The second-order valence-electron chi connectivity index (χ2n) is 5.29. The average Bonchev–Trinajstić information content (AvgIpc) is 3.21. The van der Waals surface area contributed by atoms with Gasteiger partial charge in [0.25, 0.3) is 0 Å². The van der Waals surface area contributed by atoms with Crippen molar-refractivity contribution in [1.29, 1.82) is 0 Å². The number of anilines is 1. The Balaban J connectivity index is 1.77. The maximum absolute atomic E-state index is 12.3. The Morgan fingerprint density at radius 1 is 1.12 bits per heavy atom. The molecule has 0 saturated heterocycles. The molecule has 0 aliphatic rings. The molecule has 2 aromatic heterocycles. The van der Waals surface area contributed by atoms with Gasteiger partial charge in [0.15, 0.2) is 5.82 Å². The van der Waals surface area contributed by atoms with Gasteiger partial charge in [-0.1, -0.05) is 0 Å². The second kappa shape index (κ2) is 7.98. The van der Waals surface area contributed by atoms with E-state index in [0.717, 1.165) is 5.56 Å². The van der Waals surface area contributed by atoms with Crippen molar-refractivity contribution < 1.29 is 14.3 Å². The van der Waals surface area contributed by atoms with Crippen molar-refractivity contribution in [2.75, 3.05) is 19.5 Å². The summed E-state index contributed by atoms with van der Waals surface area (Å²) >= 11 is 0. The molecule has 2 heterocycles. The summed E-state index contributed by atoms with van der Waals surface area (Å²) in [4.78, 5) is 16.6. The summed E-state index contributed by atoms with van der Waals surface area (Å²) in [5, 5.41) is 6.96. The van der Waals surface area contributed by atoms with Crippen LogP contribution >= 0.6 is 0 Å². The first-order chi connectivity index (χ1) is 12.7. The molecule has 0 aliphatic heterocycles. The van der Waals surface area contributed by atoms with Gasteiger partial charge in [-0.2, -0.15) is 5.10 Å². The van der Waals surface area contributed by atoms with Crippen LogP contribution in [0.1, 0.15) is 5.56 Å². The number of hydrogen-bond acceptors (Lipinski definition) is 5. The smallest absolute Gasteiger partial charge is 0.248 e. The molecule has 0 fully saturated rings. The van der Waals surface area contributed by atoms with Gasteiger partial charge in [0.1, 0.15) is 11.5 Å². The molecule has 3 aromatic rings. The maximum Gasteiger partial charge on any atom is 0.248 e. The Hall–Kier alpha value is -3.61. The van der Waals surface area contributed by atoms with Crippen molar-refractivity contribution in [3.63, 3.8) is 0 Å². The molecular formula is C19H18N4O3. The summed E-state index contributed by atoms with van der Waals surface area (Å²) in [7, 11) is 3.16. The number of rotatable bonds is 6. The molecule has 1 amide bonds. The van der Waals surface area contributed by atoms with Crippen molar-refractivity contribution >= 4 is 17.7 Å². The van der Waals surface area contributed by atoms with Crippen molar-refractivity contribution in [3.8, 4) is 17.3 Å². The average molecular weight is 350 g/mol. The first-order valence-corrected chi connectivity index (χ1v) is 7.87. The van der Waals surface area contributed by atoms with Crippen molar-refractivity contribution in [2.24, 2.45) is 0 Å². The molecule has 7 heteroatoms. The zero-order valence-electron chi connectivity index (χ0n) is 14.4. The Morgan fingerprint density at radius 2 is 1.88 bits per heavy atom. The number of ether oxygens (including phenoxy) is 2. The Kier molecular flexibility index (Phi) is 5.28. The first kappa shape index (κ1) is 17.2. The normalized spacial score (nSPS) is 10.7. The summed E-state index contributed by atoms with van der Waals surface area (Å²) in [6, 6.07) is 10.7. The number of pyridine rings is 1. The van der Waals surface area contributed by atoms with Crippen LogP contribution in [0.25, 0.3) is 11.9 Å². The van der Waals surface area contributed by atoms with Gasteiger partial charge < -0.3 is 14.8 Å². The predicted octanol–water partition coefficient (Wildman–Crippen LogP) is 2.94. The topological polar surface area (TPSA) is 78.3 Å². The number of aromatic nitrogens is 3. The van der Waals surface area contributed by atoms with E-state index in [1.807, 2.05) is 12.1 Å². The van der Waals surface area contributed by atoms with E-state index in [-0.39, 0.29) is 5.91 Å². The molecule has 3 rings (SSSR count). The lowest BCUT2D eigenvalue weighted by Gasteiger charge is -2.08. The summed E-state index contributed by atoms with van der Waals surface area (Å²) in [6.07, 6.45) is 8.18. The monoisotopic (exact) mass is 350 g/mol. The Labute approximate surface area is 150 Å². The molecule has 0 atom stereocenters. The molecule has 7 nitrogen and oxygen atoms in total. The van der Waals surface area contributed by atoms with Crippen molar-refractivity contribution in [2.45, 2.75) is 0 Å². The van der Waals surface area contributed by atoms with Crippen molar-refractivity contribution in [3.05, 3.63) is 66.6 Å². The van der Waals surface area contributed by atoms with Gasteiger partial charge >= 0.3 is 0 Å². The molecule has 0 radical (unpaired) electrons. The maximum atomic E-state index is 12.3. The largest absolute Gasteiger partial charge is 0.497 e. The molecule has 1 aromatic carbocycles. The molecule has 26 heavy (non-hydrogen) atoms. The summed E-state index contributed by atoms with van der Waals surface area (Å²) in [6.45, 7) is 0. The fourth-order valence-corrected chi connectivity index (χ4v) is 2.34. The third-order valence-electron chi connectivity index (χ3n) is 3.57. The molecule has 1 N–H and O–H groups in total. The standard InChI is InChI=1S/C19H18N4O3/c1-25-15-11-14(12-16(13-15)26-2)6-7-18(24)22-17-5-3-8-20-19(17)23-10-4-9-21-23/h3-13H,1-2H3,(H,22,24)/b7-6+. The third kappa shape index (κ3) is 4.07. The minimum absolute atomic E-state index is 0.284. The molecule has 0 unspecified atom stereocenters. The number of hydrogen-bond donors (Lipinski definition) is 1. The fraction of sp³-hybridized carbons (Fsp3) is 0.105. The quantitative estimate of drug-likeness (QED) is 0.692. The van der Waals surface area contributed by atoms with Crippen LogP contribution < -0.4 is 14.8 Å². The zero-order chi connectivity index (χ0) is 18.4. The molecule has 0 bridgehead atoms. The van der Waals surface area contributed by atoms with E-state index in [0.29, 0.717) is 23.0 Å². The van der Waals surface area contributed by atoms with Crippen molar-refractivity contribution in [1.82, 2.24) is 14.8 Å². The number of nitrogens with zero attached hydrogens (tertiary/aromatic N) is 3. The highest BCUT2D eigenvalue weighted by Gasteiger charge is 2.08. The second-order valence-corrected chi connectivity index (χ2v) is 5.29. The number of carbonyl (C=O) groups is 1. The van der Waals surface area contributed by atoms with Gasteiger partial charge in [0.2, 0.25) is 5.91 Å². The number of nitrogens with one attached hydrogen (secondary N) is 1. The van der Waals surface area contributed by atoms with E-state index in [2.05, 4.69) is 15.4 Å². The van der Waals surface area contributed by atoms with E-state index in [9.17, 15) is 4.79 Å². The van der Waals surface area contributed by atoms with Crippen LogP contribution in [-0.4, -0.2) is 34.9 Å². The zero-order valence-corrected chi connectivity index (χ0v) is 14.4. The van der Waals surface area contributed by atoms with Crippen LogP contribution in [0.2, 0.25) is 0 Å². The van der Waals surface area contributed by atoms with Gasteiger partial charge in [0, 0.05) is 30.7 Å². The van der Waals surface area contributed by atoms with Gasteiger partial charge in [-0.25, -0.2) is 9.67 Å². The van der Waals surface area contributed by atoms with Crippen LogP contribution in [-0.2, 0) is 4.79 Å². The Morgan fingerprint density at radius 3 is 2.54 bits per heavy atom. The number of amides is 1. The molecular weight excluding hydrogens is 332 g/mol. The van der Waals surface area contributed by atoms with E-state index in [4.69, 9.17) is 9.47 Å². The van der Waals surface area contributed by atoms with Crippen LogP contribution in [0.15, 0.2) is 61.1 Å². The third-order valence-corrected chi connectivity index (χ3v) is 3.57. The molecule has 132 valence electrons. The summed E-state index contributed by atoms with van der Waals surface area (Å²) in [5.74, 6) is 1.56. The lowest BCUT2D eigenvalue weighted by atomic mass is 10.2. The predicted molar refractivity (Wildman–Crippen MR) is 98.6 cm³/mol. The first-order valence-electron chi connectivity index (χ1n) is 7.87. The SMILES string of the molecule is COc1cc(/C=C/C(=O)Nc2cccnc2-n2cccn2)cc(OC)c1. The minimum Gasteiger partial charge on any atom is -0.497 e. The highest BCUT2D eigenvalue weighted by atomic mass is 16.5. The van der Waals surface area contributed by atoms with E-state index >= 15 is 0 Å². The van der Waals surface area contributed by atoms with Crippen LogP contribution in [0, 0.1) is 0 Å². The van der Waals surface area contributed by atoms with E-state index < -0.39 is 0 Å². The van der Waals surface area contributed by atoms with Crippen LogP contribution in [0.4, 0.5) is 5.69 Å². The number of benzene rings is 1. The summed E-state index contributed by atoms with van der Waals surface area (Å²) in [5.41, 5.74) is 1.35. The minimum atomic E-state index is -0.284. The lowest BCUT2D eigenvalue weighted by molar-refractivity contribution is -0.111. The highest BCUT2D eigenvalue weighted by Crippen LogP contribution is 2.23. The molecule has 0 aliphatic carbocycles. The van der Waals surface area contributed by atoms with E-state index in [1.165, 1.54) is 6.08 Å².